The highest BCUT2D eigenvalue weighted by Gasteiger charge is 2.82. The smallest absolute Gasteiger partial charge is 0.331 e. The average Bonchev–Trinajstić information content (AvgIpc) is 3.51. The fourth-order valence-corrected chi connectivity index (χ4v) is 12.3. The highest BCUT2D eigenvalue weighted by Crippen LogP contribution is 2.89. The standard InChI is InChI=1S/C39H56O3/c1-26(2)9-8-10-27(3)30-19-21-37(7)32-17-16-31-35(4,5)33(42-34(41)18-13-28-11-14-29(40)15-12-28)20-22-38(31)25-39(32,38)24-23-36(30,37)6/h9,11-15,18,27,30-33,40H,8,10,16-17,19-25H2,1-7H3/b18-13+/t27-,30-,31+,32+,33?,36-,37+,38-,39+/m1/s1. The van der Waals surface area contributed by atoms with Crippen LogP contribution >= 0.6 is 0 Å². The SMILES string of the molecule is CC(C)=CCC[C@@H](C)[C@H]1CC[C@@]2(C)[C@@H]3CC[C@H]4C(C)(C)C(OC(=O)/C=C/c5ccc(O)cc5)CC[C@@]45C[C@@]35CC[C@]12C. The van der Waals surface area contributed by atoms with Gasteiger partial charge in [-0.2, -0.15) is 0 Å². The Morgan fingerprint density at radius 3 is 2.33 bits per heavy atom. The quantitative estimate of drug-likeness (QED) is 0.201. The van der Waals surface area contributed by atoms with Crippen LogP contribution in [0.1, 0.15) is 125 Å². The largest absolute Gasteiger partial charge is 0.508 e. The third-order valence-electron chi connectivity index (χ3n) is 14.5. The molecule has 5 saturated carbocycles. The van der Waals surface area contributed by atoms with Crippen LogP contribution in [0.4, 0.5) is 0 Å². The van der Waals surface area contributed by atoms with E-state index in [2.05, 4.69) is 54.5 Å². The van der Waals surface area contributed by atoms with Crippen molar-refractivity contribution in [2.24, 2.45) is 50.7 Å². The molecule has 0 aromatic heterocycles. The fraction of sp³-hybridized carbons (Fsp3) is 0.718. The van der Waals surface area contributed by atoms with E-state index in [1.165, 1.54) is 69.8 Å². The summed E-state index contributed by atoms with van der Waals surface area (Å²) in [5.74, 6) is 3.15. The highest BCUT2D eigenvalue weighted by molar-refractivity contribution is 5.87. The van der Waals surface area contributed by atoms with Gasteiger partial charge in [0.05, 0.1) is 0 Å². The van der Waals surface area contributed by atoms with Crippen LogP contribution in [0.5, 0.6) is 5.75 Å². The van der Waals surface area contributed by atoms with Gasteiger partial charge in [0.1, 0.15) is 11.9 Å². The van der Waals surface area contributed by atoms with E-state index in [0.717, 1.165) is 29.7 Å². The van der Waals surface area contributed by atoms with Gasteiger partial charge in [0, 0.05) is 11.5 Å². The molecular weight excluding hydrogens is 516 g/mol. The van der Waals surface area contributed by atoms with Crippen LogP contribution in [0.25, 0.3) is 6.08 Å². The highest BCUT2D eigenvalue weighted by atomic mass is 16.5. The third kappa shape index (κ3) is 4.37. The zero-order valence-electron chi connectivity index (χ0n) is 27.5. The van der Waals surface area contributed by atoms with Crippen molar-refractivity contribution < 1.29 is 14.6 Å². The van der Waals surface area contributed by atoms with Gasteiger partial charge in [-0.05, 0) is 154 Å². The molecule has 6 rings (SSSR count). The number of carbonyl (C=O) groups excluding carboxylic acids is 1. The topological polar surface area (TPSA) is 46.5 Å². The normalized spacial score (nSPS) is 42.1. The molecule has 3 nitrogen and oxygen atoms in total. The predicted octanol–water partition coefficient (Wildman–Crippen LogP) is 10.1. The van der Waals surface area contributed by atoms with Gasteiger partial charge in [0.2, 0.25) is 0 Å². The van der Waals surface area contributed by atoms with Crippen LogP contribution in [0.15, 0.2) is 42.0 Å². The number of fused-ring (bicyclic) bond motifs is 2. The fourth-order valence-electron chi connectivity index (χ4n) is 12.3. The Hall–Kier alpha value is -2.03. The van der Waals surface area contributed by atoms with E-state index in [4.69, 9.17) is 4.74 Å². The van der Waals surface area contributed by atoms with Crippen molar-refractivity contribution in [1.29, 1.82) is 0 Å². The van der Waals surface area contributed by atoms with Gasteiger partial charge in [0.15, 0.2) is 0 Å². The van der Waals surface area contributed by atoms with Crippen molar-refractivity contribution in [2.45, 2.75) is 125 Å². The summed E-state index contributed by atoms with van der Waals surface area (Å²) >= 11 is 0. The van der Waals surface area contributed by atoms with Crippen molar-refractivity contribution in [1.82, 2.24) is 0 Å². The molecule has 0 radical (unpaired) electrons. The van der Waals surface area contributed by atoms with E-state index >= 15 is 0 Å². The van der Waals surface area contributed by atoms with Gasteiger partial charge < -0.3 is 9.84 Å². The second-order valence-electron chi connectivity index (χ2n) is 16.7. The number of carbonyl (C=O) groups is 1. The Labute approximate surface area is 255 Å². The molecule has 230 valence electrons. The average molecular weight is 573 g/mol. The summed E-state index contributed by atoms with van der Waals surface area (Å²) in [6, 6.07) is 6.91. The van der Waals surface area contributed by atoms with Crippen LogP contribution < -0.4 is 0 Å². The maximum atomic E-state index is 12.9. The number of phenolic OH excluding ortho intramolecular Hbond substituents is 1. The minimum Gasteiger partial charge on any atom is -0.508 e. The number of benzene rings is 1. The predicted molar refractivity (Wildman–Crippen MR) is 172 cm³/mol. The van der Waals surface area contributed by atoms with Gasteiger partial charge in [-0.15, -0.1) is 0 Å². The molecule has 0 amide bonds. The molecule has 0 aliphatic heterocycles. The summed E-state index contributed by atoms with van der Waals surface area (Å²) in [5, 5.41) is 9.53. The lowest BCUT2D eigenvalue weighted by molar-refractivity contribution is -0.179. The summed E-state index contributed by atoms with van der Waals surface area (Å²) in [6.07, 6.45) is 20.3. The summed E-state index contributed by atoms with van der Waals surface area (Å²) in [7, 11) is 0. The van der Waals surface area contributed by atoms with E-state index in [1.54, 1.807) is 24.3 Å². The van der Waals surface area contributed by atoms with Gasteiger partial charge in [0.25, 0.3) is 0 Å². The first kappa shape index (κ1) is 30.0. The molecule has 1 aromatic rings. The van der Waals surface area contributed by atoms with Gasteiger partial charge in [-0.1, -0.05) is 58.4 Å². The number of rotatable bonds is 7. The number of phenols is 1. The molecule has 42 heavy (non-hydrogen) atoms. The van der Waals surface area contributed by atoms with Crippen LogP contribution in [0, 0.1) is 50.7 Å². The molecule has 9 atom stereocenters. The molecule has 5 fully saturated rings. The van der Waals surface area contributed by atoms with Crippen molar-refractivity contribution in [2.75, 3.05) is 0 Å². The van der Waals surface area contributed by atoms with Crippen LogP contribution in [-0.2, 0) is 9.53 Å². The first-order chi connectivity index (χ1) is 19.8. The summed E-state index contributed by atoms with van der Waals surface area (Å²) in [4.78, 5) is 12.9. The van der Waals surface area contributed by atoms with E-state index < -0.39 is 0 Å². The summed E-state index contributed by atoms with van der Waals surface area (Å²) in [6.45, 7) is 17.3. The lowest BCUT2D eigenvalue weighted by atomic mass is 9.41. The maximum Gasteiger partial charge on any atom is 0.331 e. The minimum absolute atomic E-state index is 0.00589. The van der Waals surface area contributed by atoms with Crippen LogP contribution in [-0.4, -0.2) is 17.2 Å². The first-order valence-corrected chi connectivity index (χ1v) is 17.1. The lowest BCUT2D eigenvalue weighted by Gasteiger charge is -2.63. The molecule has 1 aromatic carbocycles. The molecule has 0 bridgehead atoms. The van der Waals surface area contributed by atoms with Crippen molar-refractivity contribution in [3.63, 3.8) is 0 Å². The Morgan fingerprint density at radius 2 is 1.62 bits per heavy atom. The number of aromatic hydroxyl groups is 1. The second kappa shape index (κ2) is 10.3. The molecule has 1 N–H and O–H groups in total. The molecule has 0 saturated heterocycles. The molecule has 5 aliphatic carbocycles. The third-order valence-corrected chi connectivity index (χ3v) is 14.5. The minimum atomic E-state index is -0.243. The van der Waals surface area contributed by atoms with E-state index in [1.807, 2.05) is 12.1 Å². The molecular formula is C39H56O3. The lowest BCUT2D eigenvalue weighted by Crippen LogP contribution is -2.58. The van der Waals surface area contributed by atoms with Crippen molar-refractivity contribution >= 4 is 12.0 Å². The van der Waals surface area contributed by atoms with Crippen molar-refractivity contribution in [3.8, 4) is 5.75 Å². The maximum absolute atomic E-state index is 12.9. The Bertz CT molecular complexity index is 1250. The second-order valence-corrected chi connectivity index (χ2v) is 16.7. The Morgan fingerprint density at radius 1 is 0.929 bits per heavy atom. The van der Waals surface area contributed by atoms with Crippen LogP contribution in [0.3, 0.4) is 0 Å². The number of hydrogen-bond donors (Lipinski definition) is 1. The molecule has 3 heteroatoms. The summed E-state index contributed by atoms with van der Waals surface area (Å²) in [5.41, 5.74) is 4.25. The monoisotopic (exact) mass is 572 g/mol. The van der Waals surface area contributed by atoms with Gasteiger partial charge in [-0.25, -0.2) is 4.79 Å². The van der Waals surface area contributed by atoms with E-state index in [-0.39, 0.29) is 23.2 Å². The molecule has 1 unspecified atom stereocenters. The number of esters is 1. The van der Waals surface area contributed by atoms with Gasteiger partial charge >= 0.3 is 5.97 Å². The zero-order chi connectivity index (χ0) is 30.1. The first-order valence-electron chi connectivity index (χ1n) is 17.1. The molecule has 0 heterocycles. The molecule has 5 aliphatic rings. The summed E-state index contributed by atoms with van der Waals surface area (Å²) < 4.78 is 6.21. The number of allylic oxidation sites excluding steroid dienone is 2. The number of ether oxygens (including phenoxy) is 1. The Kier molecular flexibility index (Phi) is 7.34. The van der Waals surface area contributed by atoms with Gasteiger partial charge in [-0.3, -0.25) is 0 Å². The Balaban J connectivity index is 1.16. The zero-order valence-corrected chi connectivity index (χ0v) is 27.5. The number of hydrogen-bond acceptors (Lipinski definition) is 3. The van der Waals surface area contributed by atoms with E-state index in [0.29, 0.717) is 27.6 Å². The van der Waals surface area contributed by atoms with Crippen molar-refractivity contribution in [3.05, 3.63) is 47.6 Å². The van der Waals surface area contributed by atoms with E-state index in [9.17, 15) is 9.90 Å². The molecule has 2 spiro atoms. The van der Waals surface area contributed by atoms with Crippen LogP contribution in [0.2, 0.25) is 0 Å².